The highest BCUT2D eigenvalue weighted by atomic mass is 35.5. The van der Waals surface area contributed by atoms with Crippen LogP contribution in [-0.4, -0.2) is 74.7 Å². The van der Waals surface area contributed by atoms with E-state index in [1.54, 1.807) is 0 Å². The highest BCUT2D eigenvalue weighted by molar-refractivity contribution is 7.97. The zero-order valence-electron chi connectivity index (χ0n) is 25.4. The second-order valence-electron chi connectivity index (χ2n) is 12.6. The quantitative estimate of drug-likeness (QED) is 0.256. The molecular weight excluding hydrogens is 578 g/mol. The summed E-state index contributed by atoms with van der Waals surface area (Å²) < 4.78 is 10.1. The number of hydrogen-bond acceptors (Lipinski definition) is 6. The molecule has 2 aliphatic heterocycles. The van der Waals surface area contributed by atoms with Gasteiger partial charge in [0.25, 0.3) is 0 Å². The lowest BCUT2D eigenvalue weighted by Gasteiger charge is -2.34. The first kappa shape index (κ1) is 30.8. The minimum absolute atomic E-state index is 0.863. The van der Waals surface area contributed by atoms with Gasteiger partial charge < -0.3 is 9.47 Å². The fourth-order valence-corrected chi connectivity index (χ4v) is 9.34. The van der Waals surface area contributed by atoms with Crippen LogP contribution >= 0.6 is 35.7 Å². The Kier molecular flexibility index (Phi) is 11.2. The summed E-state index contributed by atoms with van der Waals surface area (Å²) in [7, 11) is 2.13. The molecule has 0 unspecified atom stereocenters. The molecule has 8 heteroatoms. The molecule has 0 radical (unpaired) electrons. The minimum atomic E-state index is 0.863. The first-order chi connectivity index (χ1) is 20.6. The summed E-state index contributed by atoms with van der Waals surface area (Å²) in [6, 6.07) is 15.6. The topological polar surface area (TPSA) is 17.9 Å². The number of halogens is 1. The summed E-state index contributed by atoms with van der Waals surface area (Å²) in [6.07, 6.45) is 14.1. The van der Waals surface area contributed by atoms with E-state index in [0.29, 0.717) is 0 Å². The third-order valence-electron chi connectivity index (χ3n) is 9.29. The lowest BCUT2D eigenvalue weighted by atomic mass is 9.89. The van der Waals surface area contributed by atoms with E-state index in [2.05, 4.69) is 72.0 Å². The summed E-state index contributed by atoms with van der Waals surface area (Å²) in [5, 5.41) is 2.20. The molecule has 228 valence electrons. The molecule has 3 heterocycles. The van der Waals surface area contributed by atoms with Crippen molar-refractivity contribution in [3.05, 3.63) is 64.8 Å². The number of hydrogen-bond donors (Lipinski definition) is 0. The third-order valence-corrected chi connectivity index (χ3v) is 11.7. The normalized spacial score (nSPS) is 21.7. The highest BCUT2D eigenvalue weighted by Crippen LogP contribution is 2.31. The molecule has 42 heavy (non-hydrogen) atoms. The Bertz CT molecular complexity index is 1290. The minimum Gasteiger partial charge on any atom is -0.351 e. The van der Waals surface area contributed by atoms with Gasteiger partial charge in [-0.2, -0.15) is 0 Å². The molecule has 0 spiro atoms. The van der Waals surface area contributed by atoms with E-state index in [0.717, 1.165) is 56.6 Å². The molecule has 5 nitrogen and oxygen atoms in total. The Labute approximate surface area is 267 Å². The van der Waals surface area contributed by atoms with Crippen molar-refractivity contribution in [2.24, 2.45) is 13.0 Å². The largest absolute Gasteiger partial charge is 0.351 e. The second-order valence-corrected chi connectivity index (χ2v) is 15.4. The molecule has 1 saturated carbocycles. The van der Waals surface area contributed by atoms with E-state index >= 15 is 0 Å². The molecular formula is C34H48ClN5S2. The molecule has 1 saturated heterocycles. The summed E-state index contributed by atoms with van der Waals surface area (Å²) in [5.41, 5.74) is 4.17. The molecule has 2 aromatic carbocycles. The van der Waals surface area contributed by atoms with Gasteiger partial charge in [-0.05, 0) is 117 Å². The standard InChI is InChI=1S/C34H48ClN5S2/c1-36-22-14-30-25-33(12-13-34(30)36)41-38-18-5-16-37(26-28-8-3-2-4-9-28)17-6-20-39(21-7-19-38)42-40-23-15-29-24-32(35)11-10-31(29)27-40/h10-14,22,24-25,28H,2-9,15-21,23,26-27H2,1H3. The van der Waals surface area contributed by atoms with Crippen molar-refractivity contribution < 1.29 is 0 Å². The summed E-state index contributed by atoms with van der Waals surface area (Å²) in [5.74, 6) is 0.905. The zero-order chi connectivity index (χ0) is 28.7. The summed E-state index contributed by atoms with van der Waals surface area (Å²) >= 11 is 10.2. The van der Waals surface area contributed by atoms with Crippen LogP contribution < -0.4 is 0 Å². The first-order valence-electron chi connectivity index (χ1n) is 16.2. The van der Waals surface area contributed by atoms with Crippen molar-refractivity contribution >= 4 is 46.6 Å². The van der Waals surface area contributed by atoms with Gasteiger partial charge in [0, 0.05) is 92.0 Å². The molecule has 6 rings (SSSR count). The van der Waals surface area contributed by atoms with Gasteiger partial charge >= 0.3 is 0 Å². The van der Waals surface area contributed by atoms with Crippen LogP contribution in [0, 0.1) is 5.92 Å². The van der Waals surface area contributed by atoms with Crippen molar-refractivity contribution in [3.63, 3.8) is 0 Å². The molecule has 0 bridgehead atoms. The van der Waals surface area contributed by atoms with E-state index < -0.39 is 0 Å². The van der Waals surface area contributed by atoms with Gasteiger partial charge in [0.1, 0.15) is 0 Å². The molecule has 3 aromatic rings. The number of rotatable bonds is 6. The number of benzene rings is 2. The van der Waals surface area contributed by atoms with E-state index in [4.69, 9.17) is 11.6 Å². The predicted molar refractivity (Wildman–Crippen MR) is 182 cm³/mol. The van der Waals surface area contributed by atoms with Crippen molar-refractivity contribution in [3.8, 4) is 0 Å². The smallest absolute Gasteiger partial charge is 0.0478 e. The van der Waals surface area contributed by atoms with Crippen molar-refractivity contribution in [2.75, 3.05) is 52.4 Å². The van der Waals surface area contributed by atoms with Gasteiger partial charge in [-0.15, -0.1) is 0 Å². The van der Waals surface area contributed by atoms with E-state index in [1.807, 2.05) is 30.1 Å². The predicted octanol–water partition coefficient (Wildman–Crippen LogP) is 8.13. The Morgan fingerprint density at radius 1 is 0.738 bits per heavy atom. The van der Waals surface area contributed by atoms with Crippen LogP contribution in [0.4, 0.5) is 0 Å². The molecule has 2 fully saturated rings. The maximum atomic E-state index is 6.28. The van der Waals surface area contributed by atoms with Crippen LogP contribution in [0.15, 0.2) is 53.6 Å². The Morgan fingerprint density at radius 2 is 1.50 bits per heavy atom. The lowest BCUT2D eigenvalue weighted by molar-refractivity contribution is 0.187. The first-order valence-corrected chi connectivity index (χ1v) is 18.1. The van der Waals surface area contributed by atoms with Gasteiger partial charge in [-0.1, -0.05) is 36.9 Å². The van der Waals surface area contributed by atoms with Gasteiger partial charge in [0.05, 0.1) is 0 Å². The molecule has 1 aromatic heterocycles. The maximum absolute atomic E-state index is 6.28. The lowest BCUT2D eigenvalue weighted by Crippen LogP contribution is -2.37. The van der Waals surface area contributed by atoms with Crippen molar-refractivity contribution in [2.45, 2.75) is 69.2 Å². The fourth-order valence-electron chi connectivity index (χ4n) is 6.98. The monoisotopic (exact) mass is 625 g/mol. The van der Waals surface area contributed by atoms with Gasteiger partial charge in [-0.25, -0.2) is 12.9 Å². The fraction of sp³-hybridized carbons (Fsp3) is 0.588. The second kappa shape index (κ2) is 15.2. The van der Waals surface area contributed by atoms with Crippen LogP contribution in [0.5, 0.6) is 0 Å². The molecule has 0 N–H and O–H groups in total. The maximum Gasteiger partial charge on any atom is 0.0478 e. The average Bonchev–Trinajstić information content (AvgIpc) is 3.36. The summed E-state index contributed by atoms with van der Waals surface area (Å²) in [6.45, 7) is 10.4. The Hall–Kier alpha value is -1.19. The van der Waals surface area contributed by atoms with Gasteiger partial charge in [0.15, 0.2) is 0 Å². The van der Waals surface area contributed by atoms with Crippen molar-refractivity contribution in [1.82, 2.24) is 22.4 Å². The van der Waals surface area contributed by atoms with Gasteiger partial charge in [-0.3, -0.25) is 0 Å². The third kappa shape index (κ3) is 8.50. The molecule has 0 amide bonds. The van der Waals surface area contributed by atoms with Crippen LogP contribution in [0.1, 0.15) is 62.5 Å². The number of aromatic nitrogens is 1. The van der Waals surface area contributed by atoms with E-state index in [9.17, 15) is 0 Å². The molecule has 1 aliphatic carbocycles. The van der Waals surface area contributed by atoms with Gasteiger partial charge in [0.2, 0.25) is 0 Å². The highest BCUT2D eigenvalue weighted by Gasteiger charge is 2.22. The van der Waals surface area contributed by atoms with Crippen LogP contribution in [-0.2, 0) is 20.0 Å². The van der Waals surface area contributed by atoms with E-state index in [-0.39, 0.29) is 0 Å². The van der Waals surface area contributed by atoms with E-state index in [1.165, 1.54) is 97.9 Å². The van der Waals surface area contributed by atoms with Crippen LogP contribution in [0.3, 0.4) is 0 Å². The molecule has 3 aliphatic rings. The van der Waals surface area contributed by atoms with Crippen LogP contribution in [0.25, 0.3) is 10.9 Å². The zero-order valence-corrected chi connectivity index (χ0v) is 27.7. The van der Waals surface area contributed by atoms with Crippen molar-refractivity contribution in [1.29, 1.82) is 0 Å². The number of aryl methyl sites for hydroxylation is 1. The Balaban J connectivity index is 1.11. The average molecular weight is 626 g/mol. The Morgan fingerprint density at radius 3 is 2.31 bits per heavy atom. The summed E-state index contributed by atoms with van der Waals surface area (Å²) in [4.78, 5) is 4.18. The number of fused-ring (bicyclic) bond motifs is 2. The number of nitrogens with zero attached hydrogens (tertiary/aromatic N) is 5. The molecule has 0 atom stereocenters. The SMILES string of the molecule is Cn1ccc2cc(SN3CCCN(CC4CCCCC4)CCCN(SN4CCc5cc(Cl)ccc5C4)CCC3)ccc21. The van der Waals surface area contributed by atoms with Crippen LogP contribution in [0.2, 0.25) is 5.02 Å².